The van der Waals surface area contributed by atoms with E-state index in [0.717, 1.165) is 51.6 Å². The van der Waals surface area contributed by atoms with Crippen LogP contribution in [-0.4, -0.2) is 29.9 Å². The minimum absolute atomic E-state index is 0.0892. The molecule has 0 aromatic heterocycles. The summed E-state index contributed by atoms with van der Waals surface area (Å²) in [4.78, 5) is 15.0. The van der Waals surface area contributed by atoms with Crippen molar-refractivity contribution in [2.45, 2.75) is 56.9 Å². The smallest absolute Gasteiger partial charge is 0.225 e. The normalized spacial score (nSPS) is 32.7. The maximum absolute atomic E-state index is 12.9. The maximum atomic E-state index is 12.9. The van der Waals surface area contributed by atoms with Gasteiger partial charge in [-0.05, 0) is 37.7 Å². The molecule has 22 heavy (non-hydrogen) atoms. The van der Waals surface area contributed by atoms with Crippen LogP contribution in [0.15, 0.2) is 30.3 Å². The Hall–Kier alpha value is -1.35. The van der Waals surface area contributed by atoms with Crippen molar-refractivity contribution in [3.63, 3.8) is 0 Å². The molecule has 120 valence electrons. The first-order valence-corrected chi connectivity index (χ1v) is 8.68. The number of piperidine rings is 1. The topological polar surface area (TPSA) is 46.3 Å². The standard InChI is InChI=1S/C19H28N2O/c1-19(16-8-3-2-4-9-16)11-6-12-21(14-19)18(22)15-7-5-10-17(20)13-15/h2-4,8-9,15,17H,5-7,10-14,20H2,1H3. The highest BCUT2D eigenvalue weighted by molar-refractivity contribution is 5.79. The van der Waals surface area contributed by atoms with Gasteiger partial charge in [-0.25, -0.2) is 0 Å². The van der Waals surface area contributed by atoms with Gasteiger partial charge in [0.1, 0.15) is 0 Å². The fraction of sp³-hybridized carbons (Fsp3) is 0.632. The van der Waals surface area contributed by atoms with Crippen LogP contribution in [0.1, 0.15) is 51.0 Å². The molecule has 3 unspecified atom stereocenters. The number of hydrogen-bond donors (Lipinski definition) is 1. The minimum atomic E-state index is 0.0892. The summed E-state index contributed by atoms with van der Waals surface area (Å²) in [6.45, 7) is 4.06. The summed E-state index contributed by atoms with van der Waals surface area (Å²) in [5.74, 6) is 0.499. The zero-order valence-corrected chi connectivity index (χ0v) is 13.6. The highest BCUT2D eigenvalue weighted by atomic mass is 16.2. The van der Waals surface area contributed by atoms with E-state index in [1.165, 1.54) is 5.56 Å². The van der Waals surface area contributed by atoms with Crippen molar-refractivity contribution in [2.24, 2.45) is 11.7 Å². The molecule has 0 bridgehead atoms. The largest absolute Gasteiger partial charge is 0.342 e. The van der Waals surface area contributed by atoms with Crippen LogP contribution in [0, 0.1) is 5.92 Å². The first kappa shape index (κ1) is 15.5. The Morgan fingerprint density at radius 1 is 1.23 bits per heavy atom. The number of amides is 1. The van der Waals surface area contributed by atoms with E-state index in [9.17, 15) is 4.79 Å². The number of carbonyl (C=O) groups excluding carboxylic acids is 1. The lowest BCUT2D eigenvalue weighted by molar-refractivity contribution is -0.139. The Balaban J connectivity index is 1.71. The predicted octanol–water partition coefficient (Wildman–Crippen LogP) is 3.08. The van der Waals surface area contributed by atoms with Crippen LogP contribution in [0.3, 0.4) is 0 Å². The Morgan fingerprint density at radius 3 is 2.73 bits per heavy atom. The first-order valence-electron chi connectivity index (χ1n) is 8.68. The van der Waals surface area contributed by atoms with Gasteiger partial charge in [-0.2, -0.15) is 0 Å². The molecule has 3 nitrogen and oxygen atoms in total. The molecule has 2 aliphatic rings. The zero-order chi connectivity index (χ0) is 15.6. The molecule has 1 aromatic rings. The molecule has 2 N–H and O–H groups in total. The van der Waals surface area contributed by atoms with Crippen molar-refractivity contribution < 1.29 is 4.79 Å². The van der Waals surface area contributed by atoms with Crippen LogP contribution in [0.4, 0.5) is 0 Å². The third-order valence-corrected chi connectivity index (χ3v) is 5.54. The summed E-state index contributed by atoms with van der Waals surface area (Å²) in [5, 5.41) is 0. The number of carbonyl (C=O) groups is 1. The van der Waals surface area contributed by atoms with Gasteiger partial charge in [0.2, 0.25) is 5.91 Å². The van der Waals surface area contributed by atoms with Gasteiger partial charge >= 0.3 is 0 Å². The van der Waals surface area contributed by atoms with E-state index >= 15 is 0 Å². The lowest BCUT2D eigenvalue weighted by Gasteiger charge is -2.42. The Bertz CT molecular complexity index is 515. The molecule has 0 spiro atoms. The monoisotopic (exact) mass is 300 g/mol. The van der Waals surface area contributed by atoms with E-state index in [2.05, 4.69) is 42.2 Å². The third-order valence-electron chi connectivity index (χ3n) is 5.54. The molecule has 1 saturated carbocycles. The van der Waals surface area contributed by atoms with E-state index in [4.69, 9.17) is 5.73 Å². The van der Waals surface area contributed by atoms with E-state index in [1.807, 2.05) is 0 Å². The molecule has 1 amide bonds. The van der Waals surface area contributed by atoms with Crippen LogP contribution in [-0.2, 0) is 10.2 Å². The Kier molecular flexibility index (Phi) is 4.53. The van der Waals surface area contributed by atoms with Gasteiger partial charge in [0, 0.05) is 30.5 Å². The molecule has 3 atom stereocenters. The SMILES string of the molecule is CC1(c2ccccc2)CCCN(C(=O)C2CCCC(N)C2)C1. The van der Waals surface area contributed by atoms with Gasteiger partial charge in [-0.1, -0.05) is 43.7 Å². The van der Waals surface area contributed by atoms with Gasteiger partial charge < -0.3 is 10.6 Å². The number of benzene rings is 1. The summed E-state index contributed by atoms with van der Waals surface area (Å²) in [6.07, 6.45) is 6.32. The van der Waals surface area contributed by atoms with Crippen molar-refractivity contribution in [1.29, 1.82) is 0 Å². The lowest BCUT2D eigenvalue weighted by Crippen LogP contribution is -2.50. The number of hydrogen-bond acceptors (Lipinski definition) is 2. The second-order valence-electron chi connectivity index (χ2n) is 7.41. The summed E-state index contributed by atoms with van der Waals surface area (Å²) in [7, 11) is 0. The van der Waals surface area contributed by atoms with Crippen molar-refractivity contribution in [2.75, 3.05) is 13.1 Å². The van der Waals surface area contributed by atoms with Gasteiger partial charge in [0.25, 0.3) is 0 Å². The van der Waals surface area contributed by atoms with Crippen molar-refractivity contribution >= 4 is 5.91 Å². The molecule has 1 aromatic carbocycles. The average molecular weight is 300 g/mol. The summed E-state index contributed by atoms with van der Waals surface area (Å²) >= 11 is 0. The fourth-order valence-electron chi connectivity index (χ4n) is 4.21. The van der Waals surface area contributed by atoms with Crippen molar-refractivity contribution in [1.82, 2.24) is 4.90 Å². The lowest BCUT2D eigenvalue weighted by atomic mass is 9.75. The number of nitrogens with two attached hydrogens (primary N) is 1. The van der Waals surface area contributed by atoms with Gasteiger partial charge in [0.15, 0.2) is 0 Å². The quantitative estimate of drug-likeness (QED) is 0.912. The molecule has 2 fully saturated rings. The van der Waals surface area contributed by atoms with Crippen molar-refractivity contribution in [3.8, 4) is 0 Å². The summed E-state index contributed by atoms with van der Waals surface area (Å²) in [5.41, 5.74) is 7.51. The zero-order valence-electron chi connectivity index (χ0n) is 13.6. The molecule has 0 radical (unpaired) electrons. The molecule has 1 heterocycles. The molecule has 1 aliphatic carbocycles. The van der Waals surface area contributed by atoms with E-state index in [-0.39, 0.29) is 17.4 Å². The summed E-state index contributed by atoms with van der Waals surface area (Å²) in [6, 6.07) is 10.9. The van der Waals surface area contributed by atoms with Gasteiger partial charge in [0.05, 0.1) is 0 Å². The Labute approximate surface area is 133 Å². The maximum Gasteiger partial charge on any atom is 0.225 e. The van der Waals surface area contributed by atoms with Crippen LogP contribution in [0.5, 0.6) is 0 Å². The second kappa shape index (κ2) is 6.41. The van der Waals surface area contributed by atoms with E-state index < -0.39 is 0 Å². The summed E-state index contributed by atoms with van der Waals surface area (Å²) < 4.78 is 0. The fourth-order valence-corrected chi connectivity index (χ4v) is 4.21. The second-order valence-corrected chi connectivity index (χ2v) is 7.41. The predicted molar refractivity (Wildman–Crippen MR) is 89.5 cm³/mol. The van der Waals surface area contributed by atoms with E-state index in [1.54, 1.807) is 0 Å². The molecule has 1 saturated heterocycles. The van der Waals surface area contributed by atoms with Gasteiger partial charge in [-0.3, -0.25) is 4.79 Å². The van der Waals surface area contributed by atoms with E-state index in [0.29, 0.717) is 5.91 Å². The number of nitrogens with zero attached hydrogens (tertiary/aromatic N) is 1. The van der Waals surface area contributed by atoms with Gasteiger partial charge in [-0.15, -0.1) is 0 Å². The highest BCUT2D eigenvalue weighted by Gasteiger charge is 2.37. The van der Waals surface area contributed by atoms with Crippen LogP contribution in [0.25, 0.3) is 0 Å². The minimum Gasteiger partial charge on any atom is -0.342 e. The van der Waals surface area contributed by atoms with Crippen LogP contribution < -0.4 is 5.73 Å². The van der Waals surface area contributed by atoms with Crippen LogP contribution in [0.2, 0.25) is 0 Å². The number of rotatable bonds is 2. The highest BCUT2D eigenvalue weighted by Crippen LogP contribution is 2.35. The average Bonchev–Trinajstić information content (AvgIpc) is 2.55. The first-order chi connectivity index (χ1) is 10.6. The molecular weight excluding hydrogens is 272 g/mol. The third kappa shape index (κ3) is 3.19. The molecular formula is C19H28N2O. The molecule has 1 aliphatic heterocycles. The Morgan fingerprint density at radius 2 is 2.00 bits per heavy atom. The van der Waals surface area contributed by atoms with Crippen LogP contribution >= 0.6 is 0 Å². The van der Waals surface area contributed by atoms with Crippen molar-refractivity contribution in [3.05, 3.63) is 35.9 Å². The molecule has 3 rings (SSSR count). The molecule has 3 heteroatoms. The number of likely N-dealkylation sites (tertiary alicyclic amines) is 1.